The highest BCUT2D eigenvalue weighted by Crippen LogP contribution is 2.28. The van der Waals surface area contributed by atoms with Crippen molar-refractivity contribution in [1.29, 1.82) is 0 Å². The summed E-state index contributed by atoms with van der Waals surface area (Å²) in [6.07, 6.45) is 5.56. The van der Waals surface area contributed by atoms with E-state index in [1.165, 1.54) is 5.56 Å². The first-order valence-electron chi connectivity index (χ1n) is 9.45. The lowest BCUT2D eigenvalue weighted by molar-refractivity contribution is 0.580. The molecule has 0 bridgehead atoms. The molecule has 1 aliphatic heterocycles. The molecule has 3 N–H and O–H groups in total. The van der Waals surface area contributed by atoms with Crippen molar-refractivity contribution in [2.24, 2.45) is 0 Å². The number of nitrogens with zero attached hydrogens (tertiary/aromatic N) is 4. The van der Waals surface area contributed by atoms with Crippen LogP contribution < -0.4 is 15.5 Å². The van der Waals surface area contributed by atoms with Crippen molar-refractivity contribution in [3.8, 4) is 11.1 Å². The van der Waals surface area contributed by atoms with Crippen LogP contribution in [0.25, 0.3) is 22.2 Å². The van der Waals surface area contributed by atoms with Gasteiger partial charge in [-0.3, -0.25) is 0 Å². The highest BCUT2D eigenvalue weighted by atomic mass is 15.3. The minimum absolute atomic E-state index is 0.773. The predicted octanol–water partition coefficient (Wildman–Crippen LogP) is 3.17. The van der Waals surface area contributed by atoms with Crippen LogP contribution in [0.5, 0.6) is 0 Å². The van der Waals surface area contributed by atoms with Gasteiger partial charge >= 0.3 is 0 Å². The van der Waals surface area contributed by atoms with Crippen LogP contribution >= 0.6 is 0 Å². The summed E-state index contributed by atoms with van der Waals surface area (Å²) in [6, 6.07) is 14.4. The largest absolute Gasteiger partial charge is 0.346 e. The maximum absolute atomic E-state index is 4.67. The van der Waals surface area contributed by atoms with Crippen molar-refractivity contribution in [1.82, 2.24) is 25.3 Å². The van der Waals surface area contributed by atoms with Crippen LogP contribution in [0.15, 0.2) is 61.1 Å². The normalized spacial score (nSPS) is 14.4. The van der Waals surface area contributed by atoms with Crippen molar-refractivity contribution in [3.05, 3.63) is 61.1 Å². The zero-order valence-corrected chi connectivity index (χ0v) is 15.4. The fraction of sp³-hybridized carbons (Fsp3) is 0.190. The van der Waals surface area contributed by atoms with Gasteiger partial charge in [0.2, 0.25) is 5.95 Å². The van der Waals surface area contributed by atoms with E-state index in [-0.39, 0.29) is 0 Å². The molecule has 1 fully saturated rings. The van der Waals surface area contributed by atoms with Gasteiger partial charge in [0, 0.05) is 55.8 Å². The molecular formula is C21H21N7. The van der Waals surface area contributed by atoms with E-state index in [0.717, 1.165) is 60.2 Å². The quantitative estimate of drug-likeness (QED) is 0.511. The Hall–Kier alpha value is -3.45. The van der Waals surface area contributed by atoms with E-state index in [1.54, 1.807) is 6.20 Å². The topological polar surface area (TPSA) is 81.8 Å². The molecular weight excluding hydrogens is 350 g/mol. The first-order chi connectivity index (χ1) is 13.9. The highest BCUT2D eigenvalue weighted by Gasteiger charge is 2.13. The second-order valence-electron chi connectivity index (χ2n) is 6.78. The van der Waals surface area contributed by atoms with Crippen molar-refractivity contribution in [2.45, 2.75) is 0 Å². The summed E-state index contributed by atoms with van der Waals surface area (Å²) >= 11 is 0. The average Bonchev–Trinajstić information content (AvgIpc) is 3.24. The Labute approximate surface area is 162 Å². The first-order valence-corrected chi connectivity index (χ1v) is 9.45. The zero-order chi connectivity index (χ0) is 18.8. The third-order valence-electron chi connectivity index (χ3n) is 4.97. The molecule has 1 aromatic carbocycles. The third kappa shape index (κ3) is 3.27. The van der Waals surface area contributed by atoms with E-state index >= 15 is 0 Å². The Morgan fingerprint density at radius 3 is 2.57 bits per heavy atom. The lowest BCUT2D eigenvalue weighted by Crippen LogP contribution is -2.44. The van der Waals surface area contributed by atoms with Gasteiger partial charge in [-0.15, -0.1) is 0 Å². The van der Waals surface area contributed by atoms with Crippen LogP contribution in [0.1, 0.15) is 0 Å². The minimum Gasteiger partial charge on any atom is -0.346 e. The van der Waals surface area contributed by atoms with Crippen LogP contribution in [0, 0.1) is 0 Å². The van der Waals surface area contributed by atoms with Gasteiger partial charge in [0.25, 0.3) is 0 Å². The van der Waals surface area contributed by atoms with Gasteiger partial charge in [-0.05, 0) is 41.5 Å². The summed E-state index contributed by atoms with van der Waals surface area (Å²) in [5, 5.41) is 7.86. The van der Waals surface area contributed by atoms with E-state index in [2.05, 4.69) is 65.8 Å². The molecule has 0 amide bonds. The molecule has 0 unspecified atom stereocenters. The predicted molar refractivity (Wildman–Crippen MR) is 112 cm³/mol. The van der Waals surface area contributed by atoms with Crippen molar-refractivity contribution < 1.29 is 0 Å². The van der Waals surface area contributed by atoms with Crippen LogP contribution in [0.4, 0.5) is 17.5 Å². The average molecular weight is 371 g/mol. The molecule has 1 saturated heterocycles. The number of pyridine rings is 1. The number of hydrogen-bond acceptors (Lipinski definition) is 6. The molecule has 28 heavy (non-hydrogen) atoms. The van der Waals surface area contributed by atoms with Crippen LogP contribution in [0.3, 0.4) is 0 Å². The van der Waals surface area contributed by atoms with Gasteiger partial charge < -0.3 is 20.5 Å². The maximum Gasteiger partial charge on any atom is 0.227 e. The fourth-order valence-corrected chi connectivity index (χ4v) is 3.53. The van der Waals surface area contributed by atoms with Crippen LogP contribution in [0.2, 0.25) is 0 Å². The van der Waals surface area contributed by atoms with Gasteiger partial charge in [-0.2, -0.15) is 4.98 Å². The van der Waals surface area contributed by atoms with Crippen molar-refractivity contribution in [2.75, 3.05) is 36.4 Å². The number of aromatic nitrogens is 4. The third-order valence-corrected chi connectivity index (χ3v) is 4.97. The summed E-state index contributed by atoms with van der Waals surface area (Å²) in [4.78, 5) is 18.8. The van der Waals surface area contributed by atoms with E-state index in [1.807, 2.05) is 24.5 Å². The number of fused-ring (bicyclic) bond motifs is 1. The van der Waals surface area contributed by atoms with Crippen LogP contribution in [-0.4, -0.2) is 46.1 Å². The number of hydrogen-bond donors (Lipinski definition) is 3. The second kappa shape index (κ2) is 7.28. The molecule has 4 heterocycles. The molecule has 7 nitrogen and oxygen atoms in total. The maximum atomic E-state index is 4.67. The first kappa shape index (κ1) is 16.7. The summed E-state index contributed by atoms with van der Waals surface area (Å²) in [5.41, 5.74) is 4.22. The van der Waals surface area contributed by atoms with Crippen molar-refractivity contribution >= 4 is 28.5 Å². The van der Waals surface area contributed by atoms with E-state index in [0.29, 0.717) is 0 Å². The monoisotopic (exact) mass is 371 g/mol. The molecule has 0 aliphatic carbocycles. The number of benzene rings is 1. The van der Waals surface area contributed by atoms with Crippen molar-refractivity contribution in [3.63, 3.8) is 0 Å². The lowest BCUT2D eigenvalue weighted by Gasteiger charge is -2.27. The number of anilines is 3. The molecule has 1 aliphatic rings. The van der Waals surface area contributed by atoms with Gasteiger partial charge in [-0.25, -0.2) is 9.97 Å². The zero-order valence-electron chi connectivity index (χ0n) is 15.4. The lowest BCUT2D eigenvalue weighted by atomic mass is 10.0. The van der Waals surface area contributed by atoms with Gasteiger partial charge in [0.15, 0.2) is 0 Å². The summed E-state index contributed by atoms with van der Waals surface area (Å²) in [6.45, 7) is 3.78. The fourth-order valence-electron chi connectivity index (χ4n) is 3.53. The molecule has 140 valence electrons. The van der Waals surface area contributed by atoms with E-state index in [9.17, 15) is 0 Å². The highest BCUT2D eigenvalue weighted by molar-refractivity contribution is 5.93. The molecule has 0 atom stereocenters. The molecule has 0 radical (unpaired) electrons. The molecule has 7 heteroatoms. The van der Waals surface area contributed by atoms with E-state index in [4.69, 9.17) is 0 Å². The van der Waals surface area contributed by atoms with Gasteiger partial charge in [-0.1, -0.05) is 12.1 Å². The smallest absolute Gasteiger partial charge is 0.227 e. The molecule has 3 aromatic heterocycles. The molecule has 5 rings (SSSR count). The molecule has 0 spiro atoms. The molecule has 4 aromatic rings. The van der Waals surface area contributed by atoms with Crippen LogP contribution in [-0.2, 0) is 0 Å². The second-order valence-corrected chi connectivity index (χ2v) is 6.78. The Morgan fingerprint density at radius 1 is 0.893 bits per heavy atom. The summed E-state index contributed by atoms with van der Waals surface area (Å²) in [7, 11) is 0. The Bertz CT molecular complexity index is 1080. The Kier molecular flexibility index (Phi) is 4.34. The van der Waals surface area contributed by atoms with E-state index < -0.39 is 0 Å². The minimum atomic E-state index is 0.773. The summed E-state index contributed by atoms with van der Waals surface area (Å²) in [5.74, 6) is 1.57. The standard InChI is InChI=1S/C21H21N7/c1-3-16(4-2-15(1)17-5-8-23-20-18(17)6-9-24-20)26-19-7-10-25-21(27-19)28-13-11-22-12-14-28/h1-10,22H,11-14H2,(H,23,24)(H,25,26,27). The summed E-state index contributed by atoms with van der Waals surface area (Å²) < 4.78 is 0. The molecule has 0 saturated carbocycles. The van der Waals surface area contributed by atoms with Gasteiger partial charge in [0.05, 0.1) is 0 Å². The SMILES string of the molecule is c1cc(Nc2ccc(-c3ccnc4[nH]ccc34)cc2)nc(N2CCNCC2)n1. The number of aromatic amines is 1. The number of piperazine rings is 1. The Morgan fingerprint density at radius 2 is 1.71 bits per heavy atom. The number of nitrogens with one attached hydrogen (secondary N) is 3. The number of rotatable bonds is 4. The Balaban J connectivity index is 1.36. The van der Waals surface area contributed by atoms with Gasteiger partial charge in [0.1, 0.15) is 11.5 Å². The number of H-pyrrole nitrogens is 1.